The quantitative estimate of drug-likeness (QED) is 0.762. The Kier molecular flexibility index (Phi) is 6.40. The van der Waals surface area contributed by atoms with Gasteiger partial charge in [0.25, 0.3) is 0 Å². The van der Waals surface area contributed by atoms with Crippen molar-refractivity contribution < 1.29 is 21.1 Å². The maximum Gasteiger partial charge on any atom is 0.0232 e. The van der Waals surface area contributed by atoms with Crippen LogP contribution in [0.3, 0.4) is 0 Å². The Balaban J connectivity index is 0.00000144. The third kappa shape index (κ3) is 4.54. The van der Waals surface area contributed by atoms with Crippen LogP contribution >= 0.6 is 0 Å². The zero-order valence-electron chi connectivity index (χ0n) is 10.7. The molecule has 1 aliphatic rings. The minimum absolute atomic E-state index is 0. The van der Waals surface area contributed by atoms with Gasteiger partial charge in [0.2, 0.25) is 0 Å². The monoisotopic (exact) mass is 401 g/mol. The van der Waals surface area contributed by atoms with E-state index < -0.39 is 0 Å². The molecule has 0 amide bonds. The van der Waals surface area contributed by atoms with Gasteiger partial charge < -0.3 is 10.2 Å². The Bertz CT molecular complexity index is 315. The molecule has 0 radical (unpaired) electrons. The van der Waals surface area contributed by atoms with Crippen LogP contribution in [0.4, 0.5) is 0 Å². The molecule has 1 saturated heterocycles. The van der Waals surface area contributed by atoms with Gasteiger partial charge in [0, 0.05) is 27.6 Å². The van der Waals surface area contributed by atoms with E-state index >= 15 is 0 Å². The fraction of sp³-hybridized carbons (Fsp3) is 0.571. The van der Waals surface area contributed by atoms with Crippen molar-refractivity contribution in [2.45, 2.75) is 26.3 Å². The number of hydrogen-bond acceptors (Lipinski definition) is 1. The second-order valence-corrected chi connectivity index (χ2v) is 4.84. The van der Waals surface area contributed by atoms with E-state index in [1.54, 1.807) is 0 Å². The van der Waals surface area contributed by atoms with Crippen LogP contribution in [0.25, 0.3) is 5.32 Å². The Morgan fingerprint density at radius 2 is 1.71 bits per heavy atom. The van der Waals surface area contributed by atoms with E-state index in [1.807, 2.05) is 0 Å². The molecule has 17 heavy (non-hydrogen) atoms. The van der Waals surface area contributed by atoms with Gasteiger partial charge >= 0.3 is 0 Å². The molecular weight excluding hydrogens is 380 g/mol. The van der Waals surface area contributed by atoms with Crippen LogP contribution in [0.2, 0.25) is 0 Å². The van der Waals surface area contributed by atoms with Crippen molar-refractivity contribution in [3.05, 3.63) is 40.7 Å². The van der Waals surface area contributed by atoms with E-state index in [1.165, 1.54) is 11.1 Å². The molecule has 1 fully saturated rings. The first-order valence-corrected chi connectivity index (χ1v) is 6.20. The maximum absolute atomic E-state index is 4.36. The van der Waals surface area contributed by atoms with Crippen molar-refractivity contribution in [2.75, 3.05) is 26.2 Å². The summed E-state index contributed by atoms with van der Waals surface area (Å²) >= 11 is 0. The Labute approximate surface area is 119 Å². The van der Waals surface area contributed by atoms with Crippen LogP contribution in [0, 0.1) is 0 Å². The number of hydrogen-bond donors (Lipinski definition) is 0. The Hall–Kier alpha value is -0.172. The summed E-state index contributed by atoms with van der Waals surface area (Å²) < 4.78 is 0. The molecule has 3 heteroatoms. The SMILES string of the molecule is CC(C)c1ccc(CN2CC[N-]CC2)cc1.[W]. The zero-order chi connectivity index (χ0) is 11.4. The number of benzene rings is 1. The van der Waals surface area contributed by atoms with Gasteiger partial charge in [0.15, 0.2) is 0 Å². The summed E-state index contributed by atoms with van der Waals surface area (Å²) in [5.74, 6) is 0.628. The molecule has 0 spiro atoms. The normalized spacial score (nSPS) is 16.9. The minimum atomic E-state index is 0. The van der Waals surface area contributed by atoms with Gasteiger partial charge in [-0.15, -0.1) is 13.1 Å². The summed E-state index contributed by atoms with van der Waals surface area (Å²) in [6.07, 6.45) is 0. The van der Waals surface area contributed by atoms with E-state index in [2.05, 4.69) is 48.3 Å². The van der Waals surface area contributed by atoms with Crippen LogP contribution in [0.5, 0.6) is 0 Å². The topological polar surface area (TPSA) is 17.3 Å². The molecule has 0 bridgehead atoms. The van der Waals surface area contributed by atoms with Crippen molar-refractivity contribution in [1.29, 1.82) is 0 Å². The fourth-order valence-corrected chi connectivity index (χ4v) is 2.07. The molecule has 1 heterocycles. The summed E-state index contributed by atoms with van der Waals surface area (Å²) in [6.45, 7) is 9.79. The van der Waals surface area contributed by atoms with Crippen molar-refractivity contribution in [3.8, 4) is 0 Å². The van der Waals surface area contributed by atoms with E-state index in [0.717, 1.165) is 32.7 Å². The third-order valence-corrected chi connectivity index (χ3v) is 3.20. The molecule has 2 nitrogen and oxygen atoms in total. The third-order valence-electron chi connectivity index (χ3n) is 3.20. The second-order valence-electron chi connectivity index (χ2n) is 4.84. The van der Waals surface area contributed by atoms with E-state index in [9.17, 15) is 0 Å². The van der Waals surface area contributed by atoms with Gasteiger partial charge in [-0.1, -0.05) is 38.1 Å². The van der Waals surface area contributed by atoms with Gasteiger partial charge in [0.1, 0.15) is 0 Å². The molecule has 0 aromatic heterocycles. The summed E-state index contributed by atoms with van der Waals surface area (Å²) in [6, 6.07) is 9.05. The van der Waals surface area contributed by atoms with Gasteiger partial charge in [-0.2, -0.15) is 0 Å². The van der Waals surface area contributed by atoms with Crippen LogP contribution in [-0.4, -0.2) is 31.1 Å². The number of nitrogens with zero attached hydrogens (tertiary/aromatic N) is 2. The summed E-state index contributed by atoms with van der Waals surface area (Å²) in [4.78, 5) is 2.48. The van der Waals surface area contributed by atoms with E-state index in [4.69, 9.17) is 0 Å². The van der Waals surface area contributed by atoms with Crippen molar-refractivity contribution in [3.63, 3.8) is 0 Å². The Morgan fingerprint density at radius 1 is 1.12 bits per heavy atom. The predicted molar refractivity (Wildman–Crippen MR) is 68.9 cm³/mol. The number of piperazine rings is 1. The molecular formula is C14H21N2W-. The standard InChI is InChI=1S/C14H21N2.W/c1-12(2)14-5-3-13(4-6-14)11-16-9-7-15-8-10-16;/h3-6,12H,7-11H2,1-2H3;/q-1;. The van der Waals surface area contributed by atoms with Gasteiger partial charge in [-0.05, 0) is 30.1 Å². The van der Waals surface area contributed by atoms with Crippen molar-refractivity contribution in [2.24, 2.45) is 0 Å². The summed E-state index contributed by atoms with van der Waals surface area (Å²) in [7, 11) is 0. The van der Waals surface area contributed by atoms with E-state index in [0.29, 0.717) is 5.92 Å². The van der Waals surface area contributed by atoms with Gasteiger partial charge in [-0.3, -0.25) is 0 Å². The average molecular weight is 401 g/mol. The first-order valence-electron chi connectivity index (χ1n) is 6.20. The van der Waals surface area contributed by atoms with Crippen LogP contribution in [0.15, 0.2) is 24.3 Å². The average Bonchev–Trinajstić information content (AvgIpc) is 2.31. The molecule has 0 saturated carbocycles. The van der Waals surface area contributed by atoms with Crippen LogP contribution < -0.4 is 0 Å². The second kappa shape index (κ2) is 7.30. The largest absolute Gasteiger partial charge is 0.660 e. The Morgan fingerprint density at radius 3 is 2.24 bits per heavy atom. The van der Waals surface area contributed by atoms with Crippen molar-refractivity contribution >= 4 is 0 Å². The molecule has 2 rings (SSSR count). The van der Waals surface area contributed by atoms with E-state index in [-0.39, 0.29) is 21.1 Å². The number of rotatable bonds is 3. The zero-order valence-corrected chi connectivity index (χ0v) is 13.7. The first-order chi connectivity index (χ1) is 7.75. The molecule has 0 N–H and O–H groups in total. The molecule has 1 aromatic carbocycles. The smallest absolute Gasteiger partial charge is 0.0232 e. The van der Waals surface area contributed by atoms with Gasteiger partial charge in [-0.25, -0.2) is 0 Å². The molecule has 0 aliphatic carbocycles. The first kappa shape index (κ1) is 14.9. The molecule has 94 valence electrons. The molecule has 0 atom stereocenters. The fourth-order valence-electron chi connectivity index (χ4n) is 2.07. The summed E-state index contributed by atoms with van der Waals surface area (Å²) in [5, 5.41) is 4.36. The molecule has 1 aliphatic heterocycles. The van der Waals surface area contributed by atoms with Crippen LogP contribution in [-0.2, 0) is 27.6 Å². The van der Waals surface area contributed by atoms with Gasteiger partial charge in [0.05, 0.1) is 0 Å². The molecule has 0 unspecified atom stereocenters. The predicted octanol–water partition coefficient (Wildman–Crippen LogP) is 3.00. The minimum Gasteiger partial charge on any atom is -0.660 e. The maximum atomic E-state index is 4.36. The summed E-state index contributed by atoms with van der Waals surface area (Å²) in [5.41, 5.74) is 2.85. The van der Waals surface area contributed by atoms with Crippen molar-refractivity contribution in [1.82, 2.24) is 4.90 Å². The molecule has 1 aromatic rings. The van der Waals surface area contributed by atoms with Crippen LogP contribution in [0.1, 0.15) is 30.9 Å².